The Bertz CT molecular complexity index is 1960. The molecule has 6 rings (SSSR count). The highest BCUT2D eigenvalue weighted by Gasteiger charge is 2.20. The van der Waals surface area contributed by atoms with Gasteiger partial charge in [-0.25, -0.2) is 4.79 Å². The standard InChI is InChI=1S/C30H26N4O4/c1-16-11-22(19(4)33-25-7-5-6-8-26(25)34-15-31-30(36)38-34)29-23(12-16)27(35)18(3)28(37-29)20-9-10-24-21(14-20)13-17(2)32-24/h5-15,19,32-33H,1-4H3. The highest BCUT2D eigenvalue weighted by molar-refractivity contribution is 5.88. The van der Waals surface area contributed by atoms with Crippen LogP contribution < -0.4 is 16.5 Å². The average molecular weight is 507 g/mol. The number of aromatic nitrogens is 3. The first kappa shape index (κ1) is 23.5. The molecule has 1 atom stereocenters. The van der Waals surface area contributed by atoms with E-state index in [2.05, 4.69) is 21.4 Å². The maximum absolute atomic E-state index is 13.6. The lowest BCUT2D eigenvalue weighted by atomic mass is 9.98. The molecule has 0 spiro atoms. The number of hydrogen-bond acceptors (Lipinski definition) is 6. The predicted octanol–water partition coefficient (Wildman–Crippen LogP) is 6.18. The van der Waals surface area contributed by atoms with E-state index in [0.29, 0.717) is 28.0 Å². The van der Waals surface area contributed by atoms with Crippen molar-refractivity contribution >= 4 is 27.6 Å². The number of aromatic amines is 1. The van der Waals surface area contributed by atoms with Gasteiger partial charge in [-0.1, -0.05) is 18.2 Å². The fourth-order valence-electron chi connectivity index (χ4n) is 5.02. The van der Waals surface area contributed by atoms with Crippen molar-refractivity contribution in [3.05, 3.63) is 110 Å². The van der Waals surface area contributed by atoms with E-state index in [9.17, 15) is 9.59 Å². The van der Waals surface area contributed by atoms with Gasteiger partial charge in [-0.3, -0.25) is 4.79 Å². The first-order chi connectivity index (χ1) is 18.3. The van der Waals surface area contributed by atoms with E-state index in [4.69, 9.17) is 8.94 Å². The molecule has 190 valence electrons. The van der Waals surface area contributed by atoms with Crippen molar-refractivity contribution < 1.29 is 8.94 Å². The summed E-state index contributed by atoms with van der Waals surface area (Å²) in [5.74, 6) is -0.115. The third kappa shape index (κ3) is 4.00. The van der Waals surface area contributed by atoms with Gasteiger partial charge in [-0.05, 0) is 75.7 Å². The lowest BCUT2D eigenvalue weighted by Gasteiger charge is -2.20. The van der Waals surface area contributed by atoms with Crippen LogP contribution in [0.1, 0.15) is 35.3 Å². The Morgan fingerprint density at radius 1 is 1.00 bits per heavy atom. The lowest BCUT2D eigenvalue weighted by Crippen LogP contribution is -2.13. The Kier molecular flexibility index (Phi) is 5.52. The average Bonchev–Trinajstić information content (AvgIpc) is 3.50. The normalized spacial score (nSPS) is 12.3. The number of nitrogens with one attached hydrogen (secondary N) is 2. The fraction of sp³-hybridized carbons (Fsp3) is 0.167. The molecule has 0 aliphatic carbocycles. The number of aryl methyl sites for hydroxylation is 2. The van der Waals surface area contributed by atoms with Crippen LogP contribution in [0.25, 0.3) is 38.9 Å². The SMILES string of the molecule is Cc1cc(C(C)Nc2ccccc2-n2cnc(=O)o2)c2oc(-c3ccc4[nH]c(C)cc4c3)c(C)c(=O)c2c1. The van der Waals surface area contributed by atoms with E-state index >= 15 is 0 Å². The van der Waals surface area contributed by atoms with Crippen molar-refractivity contribution in [1.82, 2.24) is 14.7 Å². The molecule has 8 nitrogen and oxygen atoms in total. The Balaban J connectivity index is 1.48. The molecule has 0 aliphatic rings. The van der Waals surface area contributed by atoms with Crippen molar-refractivity contribution in [3.8, 4) is 17.0 Å². The molecule has 3 heterocycles. The van der Waals surface area contributed by atoms with Gasteiger partial charge in [-0.2, -0.15) is 9.72 Å². The Morgan fingerprint density at radius 2 is 1.82 bits per heavy atom. The van der Waals surface area contributed by atoms with E-state index < -0.39 is 5.76 Å². The molecule has 0 fully saturated rings. The maximum Gasteiger partial charge on any atom is 0.459 e. The monoisotopic (exact) mass is 506 g/mol. The zero-order valence-electron chi connectivity index (χ0n) is 21.5. The van der Waals surface area contributed by atoms with E-state index in [0.717, 1.165) is 39.0 Å². The Morgan fingerprint density at radius 3 is 2.61 bits per heavy atom. The van der Waals surface area contributed by atoms with Crippen molar-refractivity contribution in [2.45, 2.75) is 33.7 Å². The molecule has 0 bridgehead atoms. The number of para-hydroxylation sites is 2. The van der Waals surface area contributed by atoms with Crippen LogP contribution in [0.15, 0.2) is 85.5 Å². The summed E-state index contributed by atoms with van der Waals surface area (Å²) in [5, 5.41) is 5.10. The topological polar surface area (TPSA) is 106 Å². The van der Waals surface area contributed by atoms with Crippen molar-refractivity contribution in [3.63, 3.8) is 0 Å². The summed E-state index contributed by atoms with van der Waals surface area (Å²) in [6, 6.07) is 19.2. The van der Waals surface area contributed by atoms with Gasteiger partial charge in [0.2, 0.25) is 0 Å². The Labute approximate surface area is 217 Å². The number of hydrogen-bond donors (Lipinski definition) is 2. The molecular formula is C30H26N4O4. The van der Waals surface area contributed by atoms with E-state index in [-0.39, 0.29) is 11.5 Å². The van der Waals surface area contributed by atoms with E-state index in [1.165, 1.54) is 11.1 Å². The van der Waals surface area contributed by atoms with Crippen LogP contribution in [-0.2, 0) is 0 Å². The van der Waals surface area contributed by atoms with Gasteiger partial charge in [0.05, 0.1) is 17.1 Å². The molecular weight excluding hydrogens is 480 g/mol. The third-order valence-corrected chi connectivity index (χ3v) is 6.83. The molecule has 0 amide bonds. The van der Waals surface area contributed by atoms with Gasteiger partial charge in [0, 0.05) is 33.3 Å². The summed E-state index contributed by atoms with van der Waals surface area (Å²) < 4.78 is 13.0. The molecule has 0 aliphatic heterocycles. The van der Waals surface area contributed by atoms with Crippen LogP contribution in [0.2, 0.25) is 0 Å². The lowest BCUT2D eigenvalue weighted by molar-refractivity contribution is 0.321. The second-order valence-electron chi connectivity index (χ2n) is 9.68. The number of rotatable bonds is 5. The smallest absolute Gasteiger partial charge is 0.455 e. The molecule has 6 aromatic rings. The molecule has 3 aromatic carbocycles. The number of nitrogens with zero attached hydrogens (tertiary/aromatic N) is 2. The minimum atomic E-state index is -0.671. The Hall–Kier alpha value is -4.85. The summed E-state index contributed by atoms with van der Waals surface area (Å²) in [7, 11) is 0. The summed E-state index contributed by atoms with van der Waals surface area (Å²) in [6.45, 7) is 7.80. The highest BCUT2D eigenvalue weighted by Crippen LogP contribution is 2.34. The molecule has 38 heavy (non-hydrogen) atoms. The zero-order valence-corrected chi connectivity index (χ0v) is 21.5. The zero-order chi connectivity index (χ0) is 26.6. The molecule has 0 saturated heterocycles. The summed E-state index contributed by atoms with van der Waals surface area (Å²) in [4.78, 5) is 32.1. The first-order valence-corrected chi connectivity index (χ1v) is 12.4. The summed E-state index contributed by atoms with van der Waals surface area (Å²) in [5.41, 5.74) is 7.19. The summed E-state index contributed by atoms with van der Waals surface area (Å²) in [6.07, 6.45) is 1.34. The highest BCUT2D eigenvalue weighted by atomic mass is 16.5. The molecule has 1 unspecified atom stereocenters. The number of fused-ring (bicyclic) bond motifs is 2. The van der Waals surface area contributed by atoms with E-state index in [1.807, 2.05) is 82.3 Å². The molecule has 0 saturated carbocycles. The van der Waals surface area contributed by atoms with Gasteiger partial charge in [0.25, 0.3) is 0 Å². The van der Waals surface area contributed by atoms with Crippen LogP contribution >= 0.6 is 0 Å². The van der Waals surface area contributed by atoms with Crippen molar-refractivity contribution in [2.75, 3.05) is 5.32 Å². The van der Waals surface area contributed by atoms with Gasteiger partial charge < -0.3 is 19.2 Å². The van der Waals surface area contributed by atoms with Crippen LogP contribution in [0.3, 0.4) is 0 Å². The molecule has 0 radical (unpaired) electrons. The second-order valence-corrected chi connectivity index (χ2v) is 9.68. The maximum atomic E-state index is 13.6. The van der Waals surface area contributed by atoms with Gasteiger partial charge >= 0.3 is 5.76 Å². The summed E-state index contributed by atoms with van der Waals surface area (Å²) >= 11 is 0. The van der Waals surface area contributed by atoms with Crippen LogP contribution in [0, 0.1) is 20.8 Å². The minimum Gasteiger partial charge on any atom is -0.455 e. The second kappa shape index (κ2) is 8.92. The van der Waals surface area contributed by atoms with Crippen molar-refractivity contribution in [1.29, 1.82) is 0 Å². The third-order valence-electron chi connectivity index (χ3n) is 6.83. The fourth-order valence-corrected chi connectivity index (χ4v) is 5.02. The number of anilines is 1. The van der Waals surface area contributed by atoms with Crippen molar-refractivity contribution in [2.24, 2.45) is 0 Å². The number of H-pyrrole nitrogens is 1. The van der Waals surface area contributed by atoms with Crippen LogP contribution in [0.4, 0.5) is 5.69 Å². The largest absolute Gasteiger partial charge is 0.459 e. The molecule has 2 N–H and O–H groups in total. The van der Waals surface area contributed by atoms with Crippen LogP contribution in [-0.4, -0.2) is 14.7 Å². The van der Waals surface area contributed by atoms with Crippen LogP contribution in [0.5, 0.6) is 0 Å². The predicted molar refractivity (Wildman–Crippen MR) is 148 cm³/mol. The quantitative estimate of drug-likeness (QED) is 0.289. The van der Waals surface area contributed by atoms with E-state index in [1.54, 1.807) is 0 Å². The van der Waals surface area contributed by atoms with Gasteiger partial charge in [0.15, 0.2) is 5.43 Å². The van der Waals surface area contributed by atoms with Gasteiger partial charge in [0.1, 0.15) is 23.4 Å². The first-order valence-electron chi connectivity index (χ1n) is 12.4. The molecule has 8 heteroatoms. The number of benzene rings is 3. The molecule has 3 aromatic heterocycles. The minimum absolute atomic E-state index is 0.0515. The van der Waals surface area contributed by atoms with Gasteiger partial charge in [-0.15, -0.1) is 0 Å².